The summed E-state index contributed by atoms with van der Waals surface area (Å²) >= 11 is 0. The molecule has 0 heterocycles. The van der Waals surface area contributed by atoms with Crippen molar-refractivity contribution in [3.63, 3.8) is 0 Å². The summed E-state index contributed by atoms with van der Waals surface area (Å²) in [4.78, 5) is 10.9. The van der Waals surface area contributed by atoms with Gasteiger partial charge < -0.3 is 9.47 Å². The lowest BCUT2D eigenvalue weighted by atomic mass is 10.0. The van der Waals surface area contributed by atoms with Gasteiger partial charge in [-0.3, -0.25) is 4.79 Å². The maximum Gasteiger partial charge on any atom is 0.302 e. The molecule has 2 rings (SSSR count). The lowest BCUT2D eigenvalue weighted by Gasteiger charge is -2.20. The summed E-state index contributed by atoms with van der Waals surface area (Å²) in [7, 11) is 0. The Morgan fingerprint density at radius 1 is 1.05 bits per heavy atom. The van der Waals surface area contributed by atoms with Crippen LogP contribution in [0.25, 0.3) is 10.8 Å². The third-order valence-corrected chi connectivity index (χ3v) is 3.46. The molecule has 0 saturated heterocycles. The summed E-state index contributed by atoms with van der Waals surface area (Å²) in [6, 6.07) is 12.3. The number of benzene rings is 2. The molecule has 21 heavy (non-hydrogen) atoms. The minimum atomic E-state index is -0.254. The second-order valence-corrected chi connectivity index (χ2v) is 5.51. The molecule has 0 saturated carbocycles. The zero-order valence-electron chi connectivity index (χ0n) is 13.1. The Morgan fingerprint density at radius 3 is 2.38 bits per heavy atom. The molecule has 0 aromatic heterocycles. The largest absolute Gasteiger partial charge is 0.490 e. The van der Waals surface area contributed by atoms with Crippen molar-refractivity contribution in [1.29, 1.82) is 0 Å². The molecule has 3 heteroatoms. The fourth-order valence-corrected chi connectivity index (χ4v) is 2.59. The molecule has 0 aliphatic rings. The number of rotatable bonds is 5. The number of carbonyl (C=O) groups excluding carboxylic acids is 1. The van der Waals surface area contributed by atoms with Crippen LogP contribution >= 0.6 is 0 Å². The van der Waals surface area contributed by atoms with Gasteiger partial charge in [-0.05, 0) is 37.8 Å². The summed E-state index contributed by atoms with van der Waals surface area (Å²) in [5.74, 6) is 0.620. The molecule has 0 N–H and O–H groups in total. The highest BCUT2D eigenvalue weighted by Gasteiger charge is 2.14. The van der Waals surface area contributed by atoms with Crippen molar-refractivity contribution in [2.45, 2.75) is 46.3 Å². The highest BCUT2D eigenvalue weighted by atomic mass is 16.5. The molecule has 3 nitrogen and oxygen atoms in total. The first-order valence-corrected chi connectivity index (χ1v) is 7.29. The fourth-order valence-electron chi connectivity index (χ4n) is 2.59. The third-order valence-electron chi connectivity index (χ3n) is 3.46. The van der Waals surface area contributed by atoms with Gasteiger partial charge in [-0.2, -0.15) is 0 Å². The zero-order chi connectivity index (χ0) is 15.4. The first kappa shape index (κ1) is 15.4. The van der Waals surface area contributed by atoms with E-state index in [0.717, 1.165) is 11.1 Å². The van der Waals surface area contributed by atoms with Crippen molar-refractivity contribution < 1.29 is 14.3 Å². The first-order valence-electron chi connectivity index (χ1n) is 7.29. The number of esters is 1. The van der Waals surface area contributed by atoms with Crippen molar-refractivity contribution >= 4 is 16.7 Å². The van der Waals surface area contributed by atoms with Crippen molar-refractivity contribution in [1.82, 2.24) is 0 Å². The zero-order valence-corrected chi connectivity index (χ0v) is 13.1. The Hall–Kier alpha value is -2.03. The Morgan fingerprint density at radius 2 is 1.71 bits per heavy atom. The molecule has 0 aliphatic carbocycles. The van der Waals surface area contributed by atoms with E-state index in [1.54, 1.807) is 0 Å². The van der Waals surface area contributed by atoms with Gasteiger partial charge >= 0.3 is 5.97 Å². The van der Waals surface area contributed by atoms with Crippen LogP contribution in [0.2, 0.25) is 0 Å². The summed E-state index contributed by atoms with van der Waals surface area (Å²) in [5.41, 5.74) is 1.24. The lowest BCUT2D eigenvalue weighted by molar-refractivity contribution is -0.146. The fraction of sp³-hybridized carbons (Fsp3) is 0.389. The predicted molar refractivity (Wildman–Crippen MR) is 84.6 cm³/mol. The molecular weight excluding hydrogens is 264 g/mol. The van der Waals surface area contributed by atoms with Crippen LogP contribution in [0.4, 0.5) is 0 Å². The van der Waals surface area contributed by atoms with Crippen LogP contribution in [0, 0.1) is 6.92 Å². The highest BCUT2D eigenvalue weighted by Crippen LogP contribution is 2.29. The Labute approximate surface area is 125 Å². The average molecular weight is 286 g/mol. The number of carbonyl (C=O) groups is 1. The second kappa shape index (κ2) is 6.61. The van der Waals surface area contributed by atoms with Crippen LogP contribution in [0.15, 0.2) is 36.4 Å². The van der Waals surface area contributed by atoms with Crippen molar-refractivity contribution in [2.75, 3.05) is 0 Å². The maximum absolute atomic E-state index is 10.9. The van der Waals surface area contributed by atoms with E-state index in [1.807, 2.05) is 32.0 Å². The van der Waals surface area contributed by atoms with E-state index < -0.39 is 0 Å². The minimum absolute atomic E-state index is 0.0227. The van der Waals surface area contributed by atoms with Crippen LogP contribution in [0.5, 0.6) is 5.75 Å². The van der Waals surface area contributed by atoms with E-state index in [4.69, 9.17) is 9.47 Å². The third kappa shape index (κ3) is 3.97. The molecule has 112 valence electrons. The normalized spacial score (nSPS) is 13.7. The summed E-state index contributed by atoms with van der Waals surface area (Å²) in [6.07, 6.45) is 0.501. The number of hydrogen-bond donors (Lipinski definition) is 0. The van der Waals surface area contributed by atoms with E-state index in [9.17, 15) is 4.79 Å². The van der Waals surface area contributed by atoms with Gasteiger partial charge in [-0.25, -0.2) is 0 Å². The molecule has 0 aliphatic heterocycles. The molecular formula is C18H22O3. The topological polar surface area (TPSA) is 35.5 Å². The molecule has 0 radical (unpaired) electrons. The Bertz CT molecular complexity index is 633. The van der Waals surface area contributed by atoms with Gasteiger partial charge in [-0.1, -0.05) is 30.3 Å². The van der Waals surface area contributed by atoms with Crippen LogP contribution < -0.4 is 4.74 Å². The summed E-state index contributed by atoms with van der Waals surface area (Å²) in [5, 5.41) is 2.32. The first-order chi connectivity index (χ1) is 9.97. The van der Waals surface area contributed by atoms with Gasteiger partial charge in [0.1, 0.15) is 11.9 Å². The predicted octanol–water partition coefficient (Wildman–Crippen LogP) is 4.26. The molecule has 0 fully saturated rings. The molecule has 2 aromatic carbocycles. The van der Waals surface area contributed by atoms with E-state index in [0.29, 0.717) is 6.42 Å². The van der Waals surface area contributed by atoms with E-state index >= 15 is 0 Å². The molecule has 0 amide bonds. The van der Waals surface area contributed by atoms with E-state index in [1.165, 1.54) is 17.9 Å². The SMILES string of the molecule is CC(=O)O[C@H](C)C[C@H](C)Oc1ccc(C)c2ccccc12. The van der Waals surface area contributed by atoms with Crippen LogP contribution in [0.1, 0.15) is 32.8 Å². The maximum atomic E-state index is 10.9. The second-order valence-electron chi connectivity index (χ2n) is 5.51. The van der Waals surface area contributed by atoms with Crippen LogP contribution in [-0.4, -0.2) is 18.2 Å². The smallest absolute Gasteiger partial charge is 0.302 e. The number of fused-ring (bicyclic) bond motifs is 1. The summed E-state index contributed by atoms with van der Waals surface area (Å²) < 4.78 is 11.2. The van der Waals surface area contributed by atoms with Gasteiger partial charge in [0.25, 0.3) is 0 Å². The minimum Gasteiger partial charge on any atom is -0.490 e. The van der Waals surface area contributed by atoms with E-state index in [-0.39, 0.29) is 18.2 Å². The van der Waals surface area contributed by atoms with Crippen LogP contribution in [-0.2, 0) is 9.53 Å². The molecule has 0 bridgehead atoms. The molecule has 0 spiro atoms. The van der Waals surface area contributed by atoms with E-state index in [2.05, 4.69) is 25.1 Å². The van der Waals surface area contributed by atoms with Crippen molar-refractivity contribution in [3.8, 4) is 5.75 Å². The van der Waals surface area contributed by atoms with Gasteiger partial charge in [0.15, 0.2) is 0 Å². The molecule has 2 aromatic rings. The quantitative estimate of drug-likeness (QED) is 0.770. The van der Waals surface area contributed by atoms with Gasteiger partial charge in [0.2, 0.25) is 0 Å². The Kier molecular flexibility index (Phi) is 4.84. The van der Waals surface area contributed by atoms with Gasteiger partial charge in [-0.15, -0.1) is 0 Å². The van der Waals surface area contributed by atoms with Crippen molar-refractivity contribution in [3.05, 3.63) is 42.0 Å². The Balaban J connectivity index is 2.13. The highest BCUT2D eigenvalue weighted by molar-refractivity contribution is 5.90. The van der Waals surface area contributed by atoms with Crippen molar-refractivity contribution in [2.24, 2.45) is 0 Å². The molecule has 2 atom stereocenters. The summed E-state index contributed by atoms with van der Waals surface area (Å²) in [6.45, 7) is 7.40. The molecule has 0 unspecified atom stereocenters. The number of aryl methyl sites for hydroxylation is 1. The number of hydrogen-bond acceptors (Lipinski definition) is 3. The standard InChI is InChI=1S/C18H22O3/c1-12-9-10-18(17-8-6-5-7-16(12)17)21-14(3)11-13(2)20-15(4)19/h5-10,13-14H,11H2,1-4H3/t13-,14+/m1/s1. The average Bonchev–Trinajstić information content (AvgIpc) is 2.41. The van der Waals surface area contributed by atoms with Gasteiger partial charge in [0, 0.05) is 18.7 Å². The monoisotopic (exact) mass is 286 g/mol. The lowest BCUT2D eigenvalue weighted by Crippen LogP contribution is -2.22. The number of ether oxygens (including phenoxy) is 2. The van der Waals surface area contributed by atoms with Crippen LogP contribution in [0.3, 0.4) is 0 Å². The van der Waals surface area contributed by atoms with Gasteiger partial charge in [0.05, 0.1) is 6.10 Å².